The monoisotopic (exact) mass is 570 g/mol. The third kappa shape index (κ3) is 5.52. The predicted molar refractivity (Wildman–Crippen MR) is 138 cm³/mol. The Morgan fingerprint density at radius 3 is 1.63 bits per heavy atom. The molecule has 0 aliphatic rings. The van der Waals surface area contributed by atoms with Crippen LogP contribution in [0.25, 0.3) is 33.4 Å². The van der Waals surface area contributed by atoms with Gasteiger partial charge in [-0.1, -0.05) is 60.2 Å². The van der Waals surface area contributed by atoms with E-state index in [0.717, 1.165) is 35.9 Å². The van der Waals surface area contributed by atoms with E-state index in [1.165, 1.54) is 24.3 Å². The zero-order valence-corrected chi connectivity index (χ0v) is 21.1. The zero-order valence-electron chi connectivity index (χ0n) is 21.1. The fourth-order valence-corrected chi connectivity index (χ4v) is 4.29. The molecule has 0 N–H and O–H groups in total. The van der Waals surface area contributed by atoms with E-state index >= 15 is 0 Å². The van der Waals surface area contributed by atoms with Crippen molar-refractivity contribution >= 4 is 0 Å². The lowest BCUT2D eigenvalue weighted by Gasteiger charge is -2.20. The quantitative estimate of drug-likeness (QED) is 0.146. The van der Waals surface area contributed by atoms with E-state index in [-0.39, 0.29) is 28.0 Å². The van der Waals surface area contributed by atoms with Gasteiger partial charge in [0.2, 0.25) is 0 Å². The Morgan fingerprint density at radius 1 is 0.488 bits per heavy atom. The summed E-state index contributed by atoms with van der Waals surface area (Å²) < 4.78 is 119. The van der Waals surface area contributed by atoms with Gasteiger partial charge in [0.15, 0.2) is 29.1 Å². The van der Waals surface area contributed by atoms with E-state index in [9.17, 15) is 35.1 Å². The molecule has 0 radical (unpaired) electrons. The van der Waals surface area contributed by atoms with Crippen LogP contribution in [0.1, 0.15) is 11.1 Å². The first-order valence-electron chi connectivity index (χ1n) is 12.1. The van der Waals surface area contributed by atoms with Gasteiger partial charge in [-0.15, -0.1) is 0 Å². The Morgan fingerprint density at radius 2 is 1.02 bits per heavy atom. The summed E-state index contributed by atoms with van der Waals surface area (Å²) in [6.07, 6.45) is -4.23. The molecule has 0 saturated heterocycles. The van der Waals surface area contributed by atoms with Gasteiger partial charge in [-0.05, 0) is 65.6 Å². The molecule has 9 heteroatoms. The maximum absolute atomic E-state index is 14.9. The number of hydrogen-bond acceptors (Lipinski definition) is 1. The van der Waals surface area contributed by atoms with Crippen LogP contribution in [0.15, 0.2) is 91.0 Å². The number of aryl methyl sites for hydroxylation is 1. The molecule has 0 aliphatic carbocycles. The summed E-state index contributed by atoms with van der Waals surface area (Å²) in [7, 11) is 0. The van der Waals surface area contributed by atoms with E-state index in [2.05, 4.69) is 0 Å². The van der Waals surface area contributed by atoms with Gasteiger partial charge in [0, 0.05) is 11.1 Å². The molecule has 0 aliphatic heterocycles. The van der Waals surface area contributed by atoms with E-state index in [0.29, 0.717) is 23.3 Å². The molecule has 5 aromatic carbocycles. The number of hydrogen-bond donors (Lipinski definition) is 0. The molecular formula is C32H18F8O. The average molecular weight is 570 g/mol. The summed E-state index contributed by atoms with van der Waals surface area (Å²) in [5, 5.41) is 0. The Labute approximate surface area is 229 Å². The van der Waals surface area contributed by atoms with Crippen LogP contribution in [0.5, 0.6) is 5.75 Å². The van der Waals surface area contributed by atoms with E-state index < -0.39 is 46.6 Å². The van der Waals surface area contributed by atoms with Gasteiger partial charge >= 0.3 is 6.11 Å². The molecule has 0 bridgehead atoms. The summed E-state index contributed by atoms with van der Waals surface area (Å²) in [4.78, 5) is 0. The molecule has 0 aromatic heterocycles. The predicted octanol–water partition coefficient (Wildman–Crippen LogP) is 9.96. The van der Waals surface area contributed by atoms with Crippen molar-refractivity contribution in [2.75, 3.05) is 0 Å². The number of benzene rings is 5. The van der Waals surface area contributed by atoms with Gasteiger partial charge in [-0.3, -0.25) is 0 Å². The Kier molecular flexibility index (Phi) is 7.29. The van der Waals surface area contributed by atoms with Crippen molar-refractivity contribution in [3.63, 3.8) is 0 Å². The average Bonchev–Trinajstić information content (AvgIpc) is 2.93. The molecule has 0 amide bonds. The van der Waals surface area contributed by atoms with Gasteiger partial charge in [0.05, 0.1) is 0 Å². The molecule has 0 saturated carbocycles. The minimum Gasteiger partial charge on any atom is -0.429 e. The van der Waals surface area contributed by atoms with Crippen molar-refractivity contribution in [3.05, 3.63) is 137 Å². The largest absolute Gasteiger partial charge is 0.429 e. The lowest BCUT2D eigenvalue weighted by atomic mass is 9.99. The first kappa shape index (κ1) is 27.9. The minimum atomic E-state index is -4.23. The SMILES string of the molecule is Cc1ccc(-c2ccc(C(F)(F)Oc3ccc(-c4ccc(-c5cc(F)c(F)c(F)c5)c(F)c4)cc3)c(F)c2F)cc1. The van der Waals surface area contributed by atoms with E-state index in [1.54, 1.807) is 24.3 Å². The van der Waals surface area contributed by atoms with Crippen LogP contribution in [0.4, 0.5) is 35.1 Å². The standard InChI is InChI=1S/C32H18F8O/c1-17-2-4-19(5-3-17)24-12-13-25(30(37)29(24)36)32(39,40)41-22-9-6-18(7-10-22)20-8-11-23(26(33)14-20)21-15-27(34)31(38)28(35)16-21/h2-16H,1H3. The number of halogens is 8. The maximum atomic E-state index is 14.9. The maximum Gasteiger partial charge on any atom is 0.429 e. The highest BCUT2D eigenvalue weighted by molar-refractivity contribution is 5.71. The Hall–Kier alpha value is -4.66. The molecule has 1 nitrogen and oxygen atoms in total. The molecule has 0 fully saturated rings. The summed E-state index contributed by atoms with van der Waals surface area (Å²) in [6, 6.07) is 18.2. The summed E-state index contributed by atoms with van der Waals surface area (Å²) in [5.41, 5.74) is -0.0198. The normalized spacial score (nSPS) is 11.5. The lowest BCUT2D eigenvalue weighted by Crippen LogP contribution is -2.24. The summed E-state index contributed by atoms with van der Waals surface area (Å²) in [6.45, 7) is 1.81. The molecule has 0 atom stereocenters. The summed E-state index contributed by atoms with van der Waals surface area (Å²) in [5.74, 6) is -9.06. The first-order valence-corrected chi connectivity index (χ1v) is 12.1. The smallest absolute Gasteiger partial charge is 0.429 e. The van der Waals surface area contributed by atoms with Crippen molar-refractivity contribution in [2.45, 2.75) is 13.0 Å². The topological polar surface area (TPSA) is 9.23 Å². The van der Waals surface area contributed by atoms with Crippen LogP contribution in [0, 0.1) is 41.8 Å². The zero-order chi connectivity index (χ0) is 29.5. The number of rotatable bonds is 6. The van der Waals surface area contributed by atoms with Gasteiger partial charge in [0.1, 0.15) is 17.1 Å². The van der Waals surface area contributed by atoms with Crippen LogP contribution in [0.2, 0.25) is 0 Å². The highest BCUT2D eigenvalue weighted by Gasteiger charge is 2.39. The second-order valence-electron chi connectivity index (χ2n) is 9.25. The van der Waals surface area contributed by atoms with Gasteiger partial charge < -0.3 is 4.74 Å². The highest BCUT2D eigenvalue weighted by Crippen LogP contribution is 2.37. The van der Waals surface area contributed by atoms with Crippen LogP contribution in [0.3, 0.4) is 0 Å². The third-order valence-corrected chi connectivity index (χ3v) is 6.46. The lowest BCUT2D eigenvalue weighted by molar-refractivity contribution is -0.187. The van der Waals surface area contributed by atoms with Crippen LogP contribution in [-0.2, 0) is 6.11 Å². The first-order chi connectivity index (χ1) is 19.4. The van der Waals surface area contributed by atoms with E-state index in [4.69, 9.17) is 4.74 Å². The van der Waals surface area contributed by atoms with Crippen molar-refractivity contribution in [1.82, 2.24) is 0 Å². The number of alkyl halides is 2. The molecule has 0 heterocycles. The number of ether oxygens (including phenoxy) is 1. The molecule has 0 spiro atoms. The van der Waals surface area contributed by atoms with Crippen molar-refractivity contribution in [2.24, 2.45) is 0 Å². The molecule has 208 valence electrons. The highest BCUT2D eigenvalue weighted by atomic mass is 19.3. The van der Waals surface area contributed by atoms with Crippen LogP contribution in [-0.4, -0.2) is 0 Å². The van der Waals surface area contributed by atoms with E-state index in [1.807, 2.05) is 6.92 Å². The molecule has 41 heavy (non-hydrogen) atoms. The minimum absolute atomic E-state index is 0.181. The second-order valence-corrected chi connectivity index (χ2v) is 9.25. The van der Waals surface area contributed by atoms with Gasteiger partial charge in [0.25, 0.3) is 0 Å². The molecular weight excluding hydrogens is 552 g/mol. The summed E-state index contributed by atoms with van der Waals surface area (Å²) >= 11 is 0. The second kappa shape index (κ2) is 10.7. The van der Waals surface area contributed by atoms with Crippen molar-refractivity contribution in [1.29, 1.82) is 0 Å². The van der Waals surface area contributed by atoms with Crippen LogP contribution < -0.4 is 4.74 Å². The third-order valence-electron chi connectivity index (χ3n) is 6.46. The fourth-order valence-electron chi connectivity index (χ4n) is 4.29. The van der Waals surface area contributed by atoms with Gasteiger partial charge in [-0.25, -0.2) is 26.3 Å². The van der Waals surface area contributed by atoms with Crippen LogP contribution >= 0.6 is 0 Å². The van der Waals surface area contributed by atoms with Crippen molar-refractivity contribution < 1.29 is 39.9 Å². The van der Waals surface area contributed by atoms with Gasteiger partial charge in [-0.2, -0.15) is 8.78 Å². The fraction of sp³-hybridized carbons (Fsp3) is 0.0625. The Bertz CT molecular complexity index is 1720. The molecule has 5 rings (SSSR count). The Balaban J connectivity index is 1.36. The molecule has 5 aromatic rings. The van der Waals surface area contributed by atoms with Crippen molar-refractivity contribution in [3.8, 4) is 39.1 Å². The molecule has 0 unspecified atom stereocenters.